The molecule has 3 aromatic carbocycles. The Bertz CT molecular complexity index is 1710. The van der Waals surface area contributed by atoms with Crippen molar-refractivity contribution in [3.63, 3.8) is 0 Å². The van der Waals surface area contributed by atoms with Crippen molar-refractivity contribution in [1.29, 1.82) is 0 Å². The number of fused-ring (bicyclic) bond motifs is 2. The fourth-order valence-corrected chi connectivity index (χ4v) is 6.70. The van der Waals surface area contributed by atoms with Crippen molar-refractivity contribution in [2.45, 2.75) is 57.0 Å². The van der Waals surface area contributed by atoms with Crippen LogP contribution >= 0.6 is 23.2 Å². The summed E-state index contributed by atoms with van der Waals surface area (Å²) < 4.78 is 59.9. The minimum atomic E-state index is -5.18. The summed E-state index contributed by atoms with van der Waals surface area (Å²) in [6.07, 6.45) is -4.86. The Hall–Kier alpha value is -3.87. The number of ether oxygens (including phenoxy) is 1. The molecule has 0 saturated carbocycles. The molecular weight excluding hydrogens is 639 g/mol. The number of nitrogens with two attached hydrogens (primary N) is 1. The van der Waals surface area contributed by atoms with E-state index in [0.29, 0.717) is 22.7 Å². The van der Waals surface area contributed by atoms with Crippen LogP contribution < -0.4 is 26.4 Å². The highest BCUT2D eigenvalue weighted by Crippen LogP contribution is 2.57. The van der Waals surface area contributed by atoms with Gasteiger partial charge in [0.1, 0.15) is 11.2 Å². The Morgan fingerprint density at radius 1 is 1.07 bits per heavy atom. The average Bonchev–Trinajstić information content (AvgIpc) is 3.39. The topological polar surface area (TPSA) is 123 Å². The second kappa shape index (κ2) is 11.5. The summed E-state index contributed by atoms with van der Waals surface area (Å²) in [5.74, 6) is -5.44. The molecule has 5 N–H and O–H groups in total. The van der Waals surface area contributed by atoms with Gasteiger partial charge in [-0.3, -0.25) is 14.4 Å². The van der Waals surface area contributed by atoms with Crippen LogP contribution in [0.15, 0.2) is 54.6 Å². The van der Waals surface area contributed by atoms with Gasteiger partial charge in [-0.15, -0.1) is 13.2 Å². The lowest BCUT2D eigenvalue weighted by molar-refractivity contribution is -0.274. The highest BCUT2D eigenvalue weighted by Gasteiger charge is 2.66. The van der Waals surface area contributed by atoms with E-state index in [4.69, 9.17) is 28.9 Å². The van der Waals surface area contributed by atoms with E-state index in [-0.39, 0.29) is 16.1 Å². The molecule has 0 bridgehead atoms. The summed E-state index contributed by atoms with van der Waals surface area (Å²) in [6.45, 7) is 5.80. The van der Waals surface area contributed by atoms with E-state index < -0.39 is 70.2 Å². The molecule has 2 aliphatic rings. The number of nitrogens with one attached hydrogen (secondary N) is 3. The predicted octanol–water partition coefficient (Wildman–Crippen LogP) is 6.52. The van der Waals surface area contributed by atoms with Gasteiger partial charge in [0.05, 0.1) is 16.8 Å². The van der Waals surface area contributed by atoms with Crippen LogP contribution in [-0.2, 0) is 15.0 Å². The average molecular weight is 667 g/mol. The number of alkyl halides is 3. The van der Waals surface area contributed by atoms with Crippen LogP contribution in [-0.4, -0.2) is 36.2 Å². The van der Waals surface area contributed by atoms with Gasteiger partial charge >= 0.3 is 6.36 Å². The van der Waals surface area contributed by atoms with Crippen molar-refractivity contribution in [2.24, 2.45) is 11.1 Å². The van der Waals surface area contributed by atoms with Crippen molar-refractivity contribution in [3.05, 3.63) is 87.2 Å². The van der Waals surface area contributed by atoms with Gasteiger partial charge in [0.2, 0.25) is 17.7 Å². The number of carbonyl (C=O) groups excluding carboxylic acids is 3. The first-order valence-corrected chi connectivity index (χ1v) is 14.5. The molecule has 3 aromatic rings. The smallest absolute Gasteiger partial charge is 0.404 e. The quantitative estimate of drug-likeness (QED) is 0.223. The molecule has 0 aliphatic carbocycles. The van der Waals surface area contributed by atoms with E-state index >= 15 is 4.39 Å². The minimum Gasteiger partial charge on any atom is -0.404 e. The summed E-state index contributed by atoms with van der Waals surface area (Å²) in [7, 11) is 0. The second-order valence-corrected chi connectivity index (χ2v) is 13.1. The molecule has 4 atom stereocenters. The zero-order valence-corrected chi connectivity index (χ0v) is 25.6. The molecule has 0 unspecified atom stereocenters. The Labute approximate surface area is 265 Å². The fourth-order valence-electron chi connectivity index (χ4n) is 6.35. The first-order chi connectivity index (χ1) is 20.9. The lowest BCUT2D eigenvalue weighted by Gasteiger charge is -2.37. The van der Waals surface area contributed by atoms with Crippen LogP contribution in [0.5, 0.6) is 5.75 Å². The Kier molecular flexibility index (Phi) is 8.30. The van der Waals surface area contributed by atoms with E-state index in [2.05, 4.69) is 20.7 Å². The van der Waals surface area contributed by atoms with Gasteiger partial charge in [-0.1, -0.05) is 62.2 Å². The third kappa shape index (κ3) is 6.06. The molecule has 45 heavy (non-hydrogen) atoms. The number of carbonyl (C=O) groups is 3. The van der Waals surface area contributed by atoms with E-state index in [1.54, 1.807) is 18.2 Å². The summed E-state index contributed by atoms with van der Waals surface area (Å²) in [6, 6.07) is 9.72. The lowest BCUT2D eigenvalue weighted by Crippen LogP contribution is -2.49. The third-order valence-corrected chi connectivity index (χ3v) is 8.50. The zero-order valence-electron chi connectivity index (χ0n) is 24.1. The zero-order chi connectivity index (χ0) is 33.1. The van der Waals surface area contributed by atoms with Gasteiger partial charge in [0.15, 0.2) is 5.75 Å². The molecule has 1 saturated heterocycles. The highest BCUT2D eigenvalue weighted by molar-refractivity contribution is 6.31. The number of amides is 3. The molecule has 8 nitrogen and oxygen atoms in total. The molecule has 3 amide bonds. The van der Waals surface area contributed by atoms with Crippen LogP contribution in [0.2, 0.25) is 10.0 Å². The predicted molar refractivity (Wildman–Crippen MR) is 161 cm³/mol. The molecule has 5 rings (SSSR count). The SMILES string of the molecule is CC(C)(C)C[C@@H]1N[C@@H](C(=O)Nc2ccc(C(N)=O)cc2OC(F)(F)F)[C@H](c2cccc(Cl)c2F)[C@]12C(=O)Nc1cc(Cl)ccc12. The molecule has 14 heteroatoms. The molecule has 0 aromatic heterocycles. The number of hydrogen-bond donors (Lipinski definition) is 4. The van der Waals surface area contributed by atoms with Crippen molar-refractivity contribution in [2.75, 3.05) is 10.6 Å². The van der Waals surface area contributed by atoms with Crippen molar-refractivity contribution >= 4 is 52.3 Å². The van der Waals surface area contributed by atoms with Crippen molar-refractivity contribution in [1.82, 2.24) is 5.32 Å². The molecule has 2 heterocycles. The lowest BCUT2D eigenvalue weighted by atomic mass is 9.62. The van der Waals surface area contributed by atoms with Crippen molar-refractivity contribution < 1.29 is 36.7 Å². The normalized spacial score (nSPS) is 22.7. The molecular formula is C31H28Cl2F4N4O4. The minimum absolute atomic E-state index is 0.0552. The third-order valence-electron chi connectivity index (χ3n) is 7.97. The van der Waals surface area contributed by atoms with Gasteiger partial charge in [-0.2, -0.15) is 0 Å². The van der Waals surface area contributed by atoms with E-state index in [1.165, 1.54) is 18.2 Å². The van der Waals surface area contributed by atoms with Gasteiger partial charge in [0.25, 0.3) is 0 Å². The van der Waals surface area contributed by atoms with Gasteiger partial charge in [-0.25, -0.2) is 4.39 Å². The van der Waals surface area contributed by atoms with Crippen LogP contribution in [0.3, 0.4) is 0 Å². The molecule has 1 spiro atoms. The molecule has 0 radical (unpaired) electrons. The number of hydrogen-bond acceptors (Lipinski definition) is 5. The van der Waals surface area contributed by atoms with Gasteiger partial charge in [-0.05, 0) is 59.4 Å². The summed E-state index contributed by atoms with van der Waals surface area (Å²) in [5.41, 5.74) is 3.29. The highest BCUT2D eigenvalue weighted by atomic mass is 35.5. The number of halogens is 6. The Morgan fingerprint density at radius 2 is 1.78 bits per heavy atom. The summed E-state index contributed by atoms with van der Waals surface area (Å²) in [5, 5.41) is 8.58. The van der Waals surface area contributed by atoms with E-state index in [0.717, 1.165) is 18.2 Å². The van der Waals surface area contributed by atoms with E-state index in [9.17, 15) is 27.6 Å². The first kappa shape index (κ1) is 32.5. The maximum absolute atomic E-state index is 15.9. The second-order valence-electron chi connectivity index (χ2n) is 12.2. The largest absolute Gasteiger partial charge is 0.573 e. The monoisotopic (exact) mass is 666 g/mol. The number of anilines is 2. The first-order valence-electron chi connectivity index (χ1n) is 13.7. The Morgan fingerprint density at radius 3 is 2.42 bits per heavy atom. The van der Waals surface area contributed by atoms with Crippen LogP contribution in [0, 0.1) is 11.2 Å². The maximum Gasteiger partial charge on any atom is 0.573 e. The Balaban J connectivity index is 1.70. The number of primary amides is 1. The van der Waals surface area contributed by atoms with Crippen LogP contribution in [0.1, 0.15) is 54.6 Å². The summed E-state index contributed by atoms with van der Waals surface area (Å²) >= 11 is 12.4. The number of benzene rings is 3. The standard InChI is InChI=1S/C31H28Cl2F4N4O4/c1-29(2,3)13-22-30(17-9-8-15(32)12-20(17)40-28(30)44)23(16-5-4-6-18(33)24(16)34)25(41-22)27(43)39-19-10-7-14(26(38)42)11-21(19)45-31(35,36)37/h4-12,22-23,25,41H,13H2,1-3H3,(H2,38,42)(H,39,43)(H,40,44)/t22-,23-,25+,30+/m0/s1. The van der Waals surface area contributed by atoms with Crippen molar-refractivity contribution in [3.8, 4) is 5.75 Å². The van der Waals surface area contributed by atoms with Gasteiger partial charge < -0.3 is 26.4 Å². The molecule has 238 valence electrons. The fraction of sp³-hybridized carbons (Fsp3) is 0.323. The maximum atomic E-state index is 15.9. The van der Waals surface area contributed by atoms with E-state index in [1.807, 2.05) is 20.8 Å². The van der Waals surface area contributed by atoms with Crippen LogP contribution in [0.4, 0.5) is 28.9 Å². The molecule has 2 aliphatic heterocycles. The number of rotatable bonds is 6. The van der Waals surface area contributed by atoms with Crippen LogP contribution in [0.25, 0.3) is 0 Å². The van der Waals surface area contributed by atoms with Gasteiger partial charge in [0, 0.05) is 28.2 Å². The summed E-state index contributed by atoms with van der Waals surface area (Å²) in [4.78, 5) is 40.0. The molecule has 1 fully saturated rings.